The SMILES string of the molecule is CCC[C@@H](N)C/C(C)=C\C(=O)OC(C)(C)C. The van der Waals surface area contributed by atoms with Gasteiger partial charge in [0.15, 0.2) is 0 Å². The Morgan fingerprint density at radius 3 is 2.44 bits per heavy atom. The van der Waals surface area contributed by atoms with Crippen molar-refractivity contribution in [1.82, 2.24) is 0 Å². The Labute approximate surface area is 99.0 Å². The summed E-state index contributed by atoms with van der Waals surface area (Å²) in [6.07, 6.45) is 4.36. The summed E-state index contributed by atoms with van der Waals surface area (Å²) in [5.74, 6) is -0.284. The molecule has 0 aliphatic carbocycles. The van der Waals surface area contributed by atoms with Crippen LogP contribution in [0.5, 0.6) is 0 Å². The standard InChI is InChI=1S/C13H25NO2/c1-6-7-11(14)8-10(2)9-12(15)16-13(3,4)5/h9,11H,6-8,14H2,1-5H3/b10-9-/t11-/m1/s1. The van der Waals surface area contributed by atoms with Crippen LogP contribution in [0.2, 0.25) is 0 Å². The Hall–Kier alpha value is -0.830. The molecule has 0 saturated carbocycles. The molecule has 0 bridgehead atoms. The minimum Gasteiger partial charge on any atom is -0.457 e. The van der Waals surface area contributed by atoms with Crippen LogP contribution in [0, 0.1) is 0 Å². The maximum Gasteiger partial charge on any atom is 0.331 e. The van der Waals surface area contributed by atoms with E-state index in [1.165, 1.54) is 0 Å². The molecule has 0 aliphatic heterocycles. The lowest BCUT2D eigenvalue weighted by Gasteiger charge is -2.18. The molecule has 2 N–H and O–H groups in total. The molecule has 0 saturated heterocycles. The minimum atomic E-state index is -0.431. The van der Waals surface area contributed by atoms with Crippen LogP contribution in [0.15, 0.2) is 11.6 Å². The molecule has 0 rings (SSSR count). The molecule has 3 nitrogen and oxygen atoms in total. The number of hydrogen-bond donors (Lipinski definition) is 1. The van der Waals surface area contributed by atoms with Gasteiger partial charge in [-0.05, 0) is 40.5 Å². The molecule has 1 atom stereocenters. The topological polar surface area (TPSA) is 52.3 Å². The molecule has 0 spiro atoms. The zero-order chi connectivity index (χ0) is 12.8. The van der Waals surface area contributed by atoms with Gasteiger partial charge < -0.3 is 10.5 Å². The number of ether oxygens (including phenoxy) is 1. The van der Waals surface area contributed by atoms with E-state index in [1.807, 2.05) is 27.7 Å². The van der Waals surface area contributed by atoms with Gasteiger partial charge in [0, 0.05) is 12.1 Å². The first-order valence-electron chi connectivity index (χ1n) is 5.90. The molecule has 0 aromatic carbocycles. The third-order valence-corrected chi connectivity index (χ3v) is 2.01. The van der Waals surface area contributed by atoms with Gasteiger partial charge >= 0.3 is 5.97 Å². The van der Waals surface area contributed by atoms with Crippen molar-refractivity contribution in [3.05, 3.63) is 11.6 Å². The van der Waals surface area contributed by atoms with Crippen LogP contribution in [-0.4, -0.2) is 17.6 Å². The van der Waals surface area contributed by atoms with E-state index < -0.39 is 5.60 Å². The van der Waals surface area contributed by atoms with Crippen LogP contribution in [0.25, 0.3) is 0 Å². The van der Waals surface area contributed by atoms with E-state index in [0.29, 0.717) is 0 Å². The van der Waals surface area contributed by atoms with E-state index in [1.54, 1.807) is 6.08 Å². The Morgan fingerprint density at radius 1 is 1.44 bits per heavy atom. The largest absolute Gasteiger partial charge is 0.457 e. The second kappa shape index (κ2) is 6.69. The van der Waals surface area contributed by atoms with Gasteiger partial charge in [-0.2, -0.15) is 0 Å². The molecule has 94 valence electrons. The first kappa shape index (κ1) is 15.2. The van der Waals surface area contributed by atoms with Crippen LogP contribution >= 0.6 is 0 Å². The number of nitrogens with two attached hydrogens (primary N) is 1. The zero-order valence-electron chi connectivity index (χ0n) is 11.2. The first-order valence-corrected chi connectivity index (χ1v) is 5.90. The molecule has 0 aromatic heterocycles. The highest BCUT2D eigenvalue weighted by molar-refractivity contribution is 5.83. The summed E-state index contributed by atoms with van der Waals surface area (Å²) in [6, 6.07) is 0.142. The molecule has 0 radical (unpaired) electrons. The van der Waals surface area contributed by atoms with Crippen molar-refractivity contribution in [3.63, 3.8) is 0 Å². The van der Waals surface area contributed by atoms with E-state index in [4.69, 9.17) is 10.5 Å². The highest BCUT2D eigenvalue weighted by Crippen LogP contribution is 2.11. The van der Waals surface area contributed by atoms with Crippen LogP contribution in [0.1, 0.15) is 53.9 Å². The van der Waals surface area contributed by atoms with Crippen LogP contribution in [0.3, 0.4) is 0 Å². The van der Waals surface area contributed by atoms with Crippen molar-refractivity contribution in [2.45, 2.75) is 65.5 Å². The molecule has 0 fully saturated rings. The number of hydrogen-bond acceptors (Lipinski definition) is 3. The van der Waals surface area contributed by atoms with Crippen LogP contribution in [0.4, 0.5) is 0 Å². The van der Waals surface area contributed by atoms with Crippen molar-refractivity contribution in [1.29, 1.82) is 0 Å². The van der Waals surface area contributed by atoms with Gasteiger partial charge in [0.25, 0.3) is 0 Å². The van der Waals surface area contributed by atoms with E-state index in [2.05, 4.69) is 6.92 Å². The Balaban J connectivity index is 4.16. The fourth-order valence-corrected chi connectivity index (χ4v) is 1.48. The highest BCUT2D eigenvalue weighted by Gasteiger charge is 2.14. The molecule has 0 unspecified atom stereocenters. The lowest BCUT2D eigenvalue weighted by molar-refractivity contribution is -0.148. The van der Waals surface area contributed by atoms with Crippen molar-refractivity contribution in [2.24, 2.45) is 5.73 Å². The monoisotopic (exact) mass is 227 g/mol. The third-order valence-electron chi connectivity index (χ3n) is 2.01. The lowest BCUT2D eigenvalue weighted by Crippen LogP contribution is -2.23. The van der Waals surface area contributed by atoms with Gasteiger partial charge in [0.1, 0.15) is 5.60 Å². The Kier molecular flexibility index (Phi) is 6.34. The predicted molar refractivity (Wildman–Crippen MR) is 67.1 cm³/mol. The van der Waals surface area contributed by atoms with Gasteiger partial charge in [-0.3, -0.25) is 0 Å². The second-order valence-corrected chi connectivity index (χ2v) is 5.28. The van der Waals surface area contributed by atoms with Crippen molar-refractivity contribution in [2.75, 3.05) is 0 Å². The molecule has 0 aliphatic rings. The van der Waals surface area contributed by atoms with Crippen LogP contribution < -0.4 is 5.73 Å². The number of carbonyl (C=O) groups is 1. The normalized spacial score (nSPS) is 14.8. The summed E-state index contributed by atoms with van der Waals surface area (Å²) in [6.45, 7) is 9.59. The molecule has 3 heteroatoms. The summed E-state index contributed by atoms with van der Waals surface area (Å²) in [7, 11) is 0. The van der Waals surface area contributed by atoms with E-state index in [0.717, 1.165) is 24.8 Å². The number of rotatable bonds is 5. The van der Waals surface area contributed by atoms with Crippen LogP contribution in [-0.2, 0) is 9.53 Å². The maximum atomic E-state index is 11.5. The van der Waals surface area contributed by atoms with Gasteiger partial charge in [-0.1, -0.05) is 18.9 Å². The van der Waals surface area contributed by atoms with E-state index in [-0.39, 0.29) is 12.0 Å². The van der Waals surface area contributed by atoms with Gasteiger partial charge in [-0.15, -0.1) is 0 Å². The Bertz CT molecular complexity index is 251. The summed E-state index contributed by atoms with van der Waals surface area (Å²) in [5.41, 5.74) is 6.45. The average Bonchev–Trinajstić information content (AvgIpc) is 1.98. The summed E-state index contributed by atoms with van der Waals surface area (Å²) in [5, 5.41) is 0. The molecule has 0 amide bonds. The first-order chi connectivity index (χ1) is 7.24. The third kappa shape index (κ3) is 8.48. The van der Waals surface area contributed by atoms with Gasteiger partial charge in [0.2, 0.25) is 0 Å². The van der Waals surface area contributed by atoms with E-state index >= 15 is 0 Å². The fraction of sp³-hybridized carbons (Fsp3) is 0.769. The van der Waals surface area contributed by atoms with E-state index in [9.17, 15) is 4.79 Å². The van der Waals surface area contributed by atoms with Gasteiger partial charge in [0.05, 0.1) is 0 Å². The fourth-order valence-electron chi connectivity index (χ4n) is 1.48. The van der Waals surface area contributed by atoms with Crippen molar-refractivity contribution in [3.8, 4) is 0 Å². The summed E-state index contributed by atoms with van der Waals surface area (Å²) in [4.78, 5) is 11.5. The quantitative estimate of drug-likeness (QED) is 0.580. The average molecular weight is 227 g/mol. The molecule has 0 heterocycles. The maximum absolute atomic E-state index is 11.5. The highest BCUT2D eigenvalue weighted by atomic mass is 16.6. The number of esters is 1. The molecule has 16 heavy (non-hydrogen) atoms. The molecule has 0 aromatic rings. The summed E-state index contributed by atoms with van der Waals surface area (Å²) < 4.78 is 5.19. The molecular weight excluding hydrogens is 202 g/mol. The van der Waals surface area contributed by atoms with Crippen molar-refractivity contribution >= 4 is 5.97 Å². The number of carbonyl (C=O) groups excluding carboxylic acids is 1. The predicted octanol–water partition coefficient (Wildman–Crippen LogP) is 2.79. The Morgan fingerprint density at radius 2 is 2.00 bits per heavy atom. The second-order valence-electron chi connectivity index (χ2n) is 5.28. The lowest BCUT2D eigenvalue weighted by atomic mass is 10.0. The molecular formula is C13H25NO2. The van der Waals surface area contributed by atoms with Crippen molar-refractivity contribution < 1.29 is 9.53 Å². The smallest absolute Gasteiger partial charge is 0.331 e. The zero-order valence-corrected chi connectivity index (χ0v) is 11.2. The summed E-state index contributed by atoms with van der Waals surface area (Å²) >= 11 is 0. The van der Waals surface area contributed by atoms with Gasteiger partial charge in [-0.25, -0.2) is 4.79 Å². The minimum absolute atomic E-state index is 0.142.